The number of hydrogen-bond donors (Lipinski definition) is 0. The minimum absolute atomic E-state index is 0.0937. The molecule has 2 aliphatic heterocycles. The van der Waals surface area contributed by atoms with Gasteiger partial charge in [0.1, 0.15) is 0 Å². The maximum Gasteiger partial charge on any atom is 0.252 e. The van der Waals surface area contributed by atoms with Gasteiger partial charge in [0.15, 0.2) is 0 Å². The van der Waals surface area contributed by atoms with Gasteiger partial charge in [-0.05, 0) is 203 Å². The van der Waals surface area contributed by atoms with E-state index < -0.39 is 0 Å². The van der Waals surface area contributed by atoms with Gasteiger partial charge < -0.3 is 18.9 Å². The molecule has 0 amide bonds. The zero-order valence-electron chi connectivity index (χ0n) is 64.5. The Kier molecular flexibility index (Phi) is 16.4. The molecule has 540 valence electrons. The highest BCUT2D eigenvalue weighted by Gasteiger charge is 2.46. The largest absolute Gasteiger partial charge is 0.310 e. The van der Waals surface area contributed by atoms with E-state index in [1.54, 1.807) is 0 Å². The van der Waals surface area contributed by atoms with Crippen LogP contribution in [0.15, 0.2) is 394 Å². The molecule has 4 nitrogen and oxygen atoms in total. The van der Waals surface area contributed by atoms with Gasteiger partial charge in [-0.15, -0.1) is 0 Å². The molecule has 0 saturated heterocycles. The zero-order chi connectivity index (χ0) is 76.3. The van der Waals surface area contributed by atoms with Gasteiger partial charge in [-0.1, -0.05) is 332 Å². The molecular formula is C109H81BN4. The van der Waals surface area contributed by atoms with Crippen LogP contribution in [0.1, 0.15) is 51.7 Å². The summed E-state index contributed by atoms with van der Waals surface area (Å²) in [6.07, 6.45) is 0. The Morgan fingerprint density at radius 3 is 0.939 bits per heavy atom. The first-order valence-corrected chi connectivity index (χ1v) is 40.0. The fourth-order valence-electron chi connectivity index (χ4n) is 18.5. The zero-order valence-corrected chi connectivity index (χ0v) is 64.5. The van der Waals surface area contributed by atoms with Crippen molar-refractivity contribution in [3.8, 4) is 100 Å². The molecule has 0 unspecified atom stereocenters. The van der Waals surface area contributed by atoms with E-state index in [-0.39, 0.29) is 18.0 Å². The van der Waals surface area contributed by atoms with Crippen LogP contribution >= 0.6 is 0 Å². The summed E-state index contributed by atoms with van der Waals surface area (Å²) in [6.45, 7) is 11.6. The third-order valence-electron chi connectivity index (χ3n) is 24.0. The average Bonchev–Trinajstić information content (AvgIpc) is 0.740. The van der Waals surface area contributed by atoms with Crippen molar-refractivity contribution in [1.29, 1.82) is 0 Å². The van der Waals surface area contributed by atoms with Crippen molar-refractivity contribution in [2.75, 3.05) is 9.80 Å². The van der Waals surface area contributed by atoms with Crippen LogP contribution in [0, 0.1) is 0 Å². The number of aromatic nitrogens is 2. The summed E-state index contributed by atoms with van der Waals surface area (Å²) in [4.78, 5) is 5.46. The standard InChI is InChI=1S/C109H81BN4/c1-71(2)84-65-104-106-105(66-84)114(108-94(75-37-16-9-17-38-75)67-85(109(3,4)5)68-95(108)83-46-29-44-81(64-83)79-42-27-40-77(62-79)73-33-12-7-13-34-73)103-70-87(112-100-55-24-20-49-92(100)93-50-21-25-56-101(93)112)58-60-97(103)110(106)96-59-57-86(111-98-53-22-18-47-90(98)91-48-19-23-54-99(91)111)69-102(96)113(104)107-88(74-35-14-8-15-36-74)51-30-52-89(107)82-45-28-43-80(63-82)78-41-26-39-76(61-78)72-31-10-6-11-32-72/h6-71H,1-5H3. The van der Waals surface area contributed by atoms with Crippen LogP contribution in [0.5, 0.6) is 0 Å². The summed E-state index contributed by atoms with van der Waals surface area (Å²) < 4.78 is 5.01. The summed E-state index contributed by atoms with van der Waals surface area (Å²) in [5.74, 6) is 0.0937. The highest BCUT2D eigenvalue weighted by Crippen LogP contribution is 2.56. The summed E-state index contributed by atoms with van der Waals surface area (Å²) in [5, 5.41) is 4.89. The molecule has 114 heavy (non-hydrogen) atoms. The summed E-state index contributed by atoms with van der Waals surface area (Å²) >= 11 is 0. The third-order valence-corrected chi connectivity index (χ3v) is 24.0. The second-order valence-corrected chi connectivity index (χ2v) is 32.1. The molecule has 0 spiro atoms. The lowest BCUT2D eigenvalue weighted by Gasteiger charge is -2.46. The topological polar surface area (TPSA) is 16.3 Å². The number of rotatable bonds is 13. The van der Waals surface area contributed by atoms with Gasteiger partial charge in [0, 0.05) is 77.9 Å². The molecule has 0 aliphatic carbocycles. The monoisotopic (exact) mass is 1460 g/mol. The SMILES string of the molecule is CC(C)c1cc2c3c(c1)N(c1c(-c4ccccc4)cc(C(C)(C)C)cc1-c1cccc(-c4cccc(-c5ccccc5)c4)c1)c1cc(-n4c5ccccc5c5ccccc54)ccc1B3c1ccc(-n3c4ccccc4c4ccccc43)cc1N2c1c(-c2ccccc2)cccc1-c1cccc(-c2cccc(-c3ccccc3)c2)c1. The summed E-state index contributed by atoms with van der Waals surface area (Å²) in [7, 11) is 0. The maximum absolute atomic E-state index is 2.74. The molecule has 0 bridgehead atoms. The summed E-state index contributed by atoms with van der Waals surface area (Å²) in [6, 6.07) is 149. The van der Waals surface area contributed by atoms with E-state index in [0.717, 1.165) is 134 Å². The van der Waals surface area contributed by atoms with Gasteiger partial charge in [0.05, 0.1) is 33.4 Å². The fraction of sp³-hybridized carbons (Fsp3) is 0.0642. The van der Waals surface area contributed by atoms with Crippen LogP contribution in [-0.2, 0) is 5.41 Å². The highest BCUT2D eigenvalue weighted by molar-refractivity contribution is 7.00. The average molecular weight is 1460 g/mol. The number of anilines is 6. The Bertz CT molecular complexity index is 6900. The molecule has 0 atom stereocenters. The van der Waals surface area contributed by atoms with E-state index in [4.69, 9.17) is 0 Å². The Morgan fingerprint density at radius 2 is 0.544 bits per heavy atom. The third kappa shape index (κ3) is 11.4. The molecule has 0 radical (unpaired) electrons. The van der Waals surface area contributed by atoms with Gasteiger partial charge in [-0.3, -0.25) is 0 Å². The van der Waals surface area contributed by atoms with E-state index in [0.29, 0.717) is 0 Å². The molecular weight excluding hydrogens is 1380 g/mol. The lowest BCUT2D eigenvalue weighted by Crippen LogP contribution is -2.61. The van der Waals surface area contributed by atoms with Gasteiger partial charge in [0.25, 0.3) is 6.71 Å². The van der Waals surface area contributed by atoms with Gasteiger partial charge in [-0.25, -0.2) is 0 Å². The first-order chi connectivity index (χ1) is 56.0. The number of fused-ring (bicyclic) bond motifs is 10. The van der Waals surface area contributed by atoms with Gasteiger partial charge >= 0.3 is 0 Å². The smallest absolute Gasteiger partial charge is 0.252 e. The van der Waals surface area contributed by atoms with Crippen molar-refractivity contribution < 1.29 is 0 Å². The fourth-order valence-corrected chi connectivity index (χ4v) is 18.5. The van der Waals surface area contributed by atoms with E-state index in [1.807, 2.05) is 0 Å². The predicted molar refractivity (Wildman–Crippen MR) is 485 cm³/mol. The number of para-hydroxylation sites is 5. The molecule has 0 N–H and O–H groups in total. The number of benzene rings is 17. The molecule has 5 heteroatoms. The maximum atomic E-state index is 2.74. The van der Waals surface area contributed by atoms with Crippen LogP contribution < -0.4 is 26.2 Å². The quantitative estimate of drug-likeness (QED) is 0.107. The van der Waals surface area contributed by atoms with E-state index in [9.17, 15) is 0 Å². The van der Waals surface area contributed by atoms with Crippen LogP contribution in [-0.4, -0.2) is 15.8 Å². The van der Waals surface area contributed by atoms with Crippen LogP contribution in [0.4, 0.5) is 34.1 Å². The molecule has 17 aromatic carbocycles. The van der Waals surface area contributed by atoms with E-state index in [2.05, 4.69) is 448 Å². The van der Waals surface area contributed by atoms with Crippen molar-refractivity contribution in [1.82, 2.24) is 9.13 Å². The second-order valence-electron chi connectivity index (χ2n) is 32.1. The van der Waals surface area contributed by atoms with Crippen molar-refractivity contribution in [2.45, 2.75) is 46.0 Å². The predicted octanol–water partition coefficient (Wildman–Crippen LogP) is 27.7. The van der Waals surface area contributed by atoms with Crippen LogP contribution in [0.2, 0.25) is 0 Å². The first-order valence-electron chi connectivity index (χ1n) is 40.0. The molecule has 0 saturated carbocycles. The Balaban J connectivity index is 0.896. The Hall–Kier alpha value is -14.0. The Morgan fingerprint density at radius 1 is 0.246 bits per heavy atom. The lowest BCUT2D eigenvalue weighted by atomic mass is 9.33. The second kappa shape index (κ2) is 27.5. The van der Waals surface area contributed by atoms with Crippen molar-refractivity contribution in [2.24, 2.45) is 0 Å². The molecule has 21 rings (SSSR count). The molecule has 2 aliphatic rings. The Labute approximate surface area is 667 Å². The van der Waals surface area contributed by atoms with Crippen molar-refractivity contribution in [3.63, 3.8) is 0 Å². The molecule has 0 fully saturated rings. The molecule has 2 aromatic heterocycles. The van der Waals surface area contributed by atoms with E-state index >= 15 is 0 Å². The first kappa shape index (κ1) is 68.1. The van der Waals surface area contributed by atoms with Crippen molar-refractivity contribution >= 4 is 101 Å². The highest BCUT2D eigenvalue weighted by atomic mass is 15.2. The van der Waals surface area contributed by atoms with Crippen LogP contribution in [0.3, 0.4) is 0 Å². The summed E-state index contributed by atoms with van der Waals surface area (Å²) in [5.41, 5.74) is 37.9. The lowest BCUT2D eigenvalue weighted by molar-refractivity contribution is 0.591. The number of hydrogen-bond acceptors (Lipinski definition) is 2. The number of nitrogens with zero attached hydrogens (tertiary/aromatic N) is 4. The minimum Gasteiger partial charge on any atom is -0.310 e. The normalized spacial score (nSPS) is 12.5. The van der Waals surface area contributed by atoms with Gasteiger partial charge in [-0.2, -0.15) is 0 Å². The van der Waals surface area contributed by atoms with Crippen LogP contribution in [0.25, 0.3) is 144 Å². The minimum atomic E-state index is -0.265. The van der Waals surface area contributed by atoms with Crippen molar-refractivity contribution in [3.05, 3.63) is 405 Å². The van der Waals surface area contributed by atoms with E-state index in [1.165, 1.54) is 71.3 Å². The van der Waals surface area contributed by atoms with Gasteiger partial charge in [0.2, 0.25) is 0 Å². The molecule has 19 aromatic rings. The molecule has 4 heterocycles.